The van der Waals surface area contributed by atoms with Crippen LogP contribution in [0.25, 0.3) is 11.1 Å². The molecule has 2 aromatic rings. The minimum absolute atomic E-state index is 0.0620. The molecule has 0 fully saturated rings. The highest BCUT2D eigenvalue weighted by Gasteiger charge is 2.04. The summed E-state index contributed by atoms with van der Waals surface area (Å²) in [6.45, 7) is 1.77. The number of aromatic nitrogens is 1. The van der Waals surface area contributed by atoms with Crippen molar-refractivity contribution in [2.45, 2.75) is 6.92 Å². The highest BCUT2D eigenvalue weighted by Crippen LogP contribution is 2.19. The predicted octanol–water partition coefficient (Wildman–Crippen LogP) is 2.31. The topological polar surface area (TPSA) is 55.1 Å². The number of hydrogen-bond acceptors (Lipinski definition) is 3. The van der Waals surface area contributed by atoms with Crippen LogP contribution in [-0.2, 0) is 4.79 Å². The van der Waals surface area contributed by atoms with Gasteiger partial charge in [0.2, 0.25) is 5.91 Å². The molecule has 1 heterocycles. The van der Waals surface area contributed by atoms with E-state index in [9.17, 15) is 4.79 Å². The fraction of sp³-hybridized carbons (Fsp3) is 0.200. The summed E-state index contributed by atoms with van der Waals surface area (Å²) in [5.74, 6) is 0.297. The summed E-state index contributed by atoms with van der Waals surface area (Å²) < 4.78 is 5.33. The molecule has 0 saturated heterocycles. The zero-order valence-corrected chi connectivity index (χ0v) is 8.84. The number of rotatable bonds is 2. The third-order valence-corrected chi connectivity index (χ3v) is 2.14. The molecule has 15 heavy (non-hydrogen) atoms. The highest BCUT2D eigenvalue weighted by molar-refractivity contribution is 6.29. The highest BCUT2D eigenvalue weighted by atomic mass is 35.5. The molecule has 0 unspecified atom stereocenters. The number of benzene rings is 1. The normalized spacial score (nSPS) is 10.5. The van der Waals surface area contributed by atoms with E-state index in [2.05, 4.69) is 10.3 Å². The van der Waals surface area contributed by atoms with Crippen LogP contribution in [0.5, 0.6) is 0 Å². The molecule has 0 atom stereocenters. The molecule has 1 N–H and O–H groups in total. The van der Waals surface area contributed by atoms with Crippen molar-refractivity contribution in [2.75, 3.05) is 11.2 Å². The average molecular weight is 225 g/mol. The molecule has 1 amide bonds. The van der Waals surface area contributed by atoms with E-state index >= 15 is 0 Å². The summed E-state index contributed by atoms with van der Waals surface area (Å²) in [5, 5.41) is 2.63. The Bertz CT molecular complexity index is 507. The summed E-state index contributed by atoms with van der Waals surface area (Å²) in [6, 6.07) is 5.27. The van der Waals surface area contributed by atoms with Crippen LogP contribution in [0, 0.1) is 6.92 Å². The SMILES string of the molecule is Cc1nc2ccc(NC(=O)CCl)cc2o1. The van der Waals surface area contributed by atoms with E-state index in [4.69, 9.17) is 16.0 Å². The van der Waals surface area contributed by atoms with Crippen LogP contribution in [0.15, 0.2) is 22.6 Å². The van der Waals surface area contributed by atoms with Gasteiger partial charge in [-0.3, -0.25) is 4.79 Å². The van der Waals surface area contributed by atoms with E-state index in [0.29, 0.717) is 17.2 Å². The Balaban J connectivity index is 2.33. The van der Waals surface area contributed by atoms with E-state index in [0.717, 1.165) is 5.52 Å². The van der Waals surface area contributed by atoms with Crippen molar-refractivity contribution in [3.8, 4) is 0 Å². The standard InChI is InChI=1S/C10H9ClN2O2/c1-6-12-8-3-2-7(4-9(8)15-6)13-10(14)5-11/h2-4H,5H2,1H3,(H,13,14). The van der Waals surface area contributed by atoms with E-state index in [1.54, 1.807) is 25.1 Å². The van der Waals surface area contributed by atoms with Crippen LogP contribution in [0.1, 0.15) is 5.89 Å². The third kappa shape index (κ3) is 2.10. The first-order chi connectivity index (χ1) is 7.19. The van der Waals surface area contributed by atoms with Crippen molar-refractivity contribution in [1.82, 2.24) is 4.98 Å². The Labute approximate surface area is 91.2 Å². The van der Waals surface area contributed by atoms with Gasteiger partial charge in [-0.15, -0.1) is 11.6 Å². The number of hydrogen-bond donors (Lipinski definition) is 1. The van der Waals surface area contributed by atoms with Crippen molar-refractivity contribution < 1.29 is 9.21 Å². The molecule has 1 aromatic heterocycles. The van der Waals surface area contributed by atoms with E-state index in [1.165, 1.54) is 0 Å². The van der Waals surface area contributed by atoms with Crippen LogP contribution < -0.4 is 5.32 Å². The zero-order chi connectivity index (χ0) is 10.8. The molecular formula is C10H9ClN2O2. The third-order valence-electron chi connectivity index (χ3n) is 1.90. The quantitative estimate of drug-likeness (QED) is 0.797. The number of nitrogens with zero attached hydrogens (tertiary/aromatic N) is 1. The molecular weight excluding hydrogens is 216 g/mol. The molecule has 0 aliphatic rings. The number of aryl methyl sites for hydroxylation is 1. The number of halogens is 1. The lowest BCUT2D eigenvalue weighted by molar-refractivity contribution is -0.113. The molecule has 0 aliphatic heterocycles. The number of amides is 1. The monoisotopic (exact) mass is 224 g/mol. The Hall–Kier alpha value is -1.55. The summed E-state index contributed by atoms with van der Waals surface area (Å²) in [5.41, 5.74) is 2.08. The van der Waals surface area contributed by atoms with Crippen molar-refractivity contribution in [2.24, 2.45) is 0 Å². The summed E-state index contributed by atoms with van der Waals surface area (Å²) in [7, 11) is 0. The molecule has 0 aliphatic carbocycles. The van der Waals surface area contributed by atoms with Crippen LogP contribution in [0.4, 0.5) is 5.69 Å². The number of carbonyl (C=O) groups excluding carboxylic acids is 1. The van der Waals surface area contributed by atoms with Crippen LogP contribution in [0.3, 0.4) is 0 Å². The predicted molar refractivity (Wildman–Crippen MR) is 58.1 cm³/mol. The fourth-order valence-electron chi connectivity index (χ4n) is 1.31. The number of oxazole rings is 1. The number of carbonyl (C=O) groups is 1. The number of fused-ring (bicyclic) bond motifs is 1. The summed E-state index contributed by atoms with van der Waals surface area (Å²) in [6.07, 6.45) is 0. The van der Waals surface area contributed by atoms with Gasteiger partial charge in [0, 0.05) is 18.7 Å². The molecule has 78 valence electrons. The van der Waals surface area contributed by atoms with Gasteiger partial charge in [0.15, 0.2) is 11.5 Å². The Morgan fingerprint density at radius 3 is 3.13 bits per heavy atom. The van der Waals surface area contributed by atoms with Gasteiger partial charge in [-0.05, 0) is 12.1 Å². The van der Waals surface area contributed by atoms with Gasteiger partial charge in [-0.25, -0.2) is 4.98 Å². The molecule has 5 heteroatoms. The Morgan fingerprint density at radius 2 is 2.40 bits per heavy atom. The largest absolute Gasteiger partial charge is 0.441 e. The van der Waals surface area contributed by atoms with Gasteiger partial charge in [-0.1, -0.05) is 0 Å². The summed E-state index contributed by atoms with van der Waals surface area (Å²) >= 11 is 5.38. The summed E-state index contributed by atoms with van der Waals surface area (Å²) in [4.78, 5) is 15.2. The van der Waals surface area contributed by atoms with Gasteiger partial charge in [0.1, 0.15) is 11.4 Å². The molecule has 0 spiro atoms. The maximum atomic E-state index is 11.0. The molecule has 1 aromatic carbocycles. The zero-order valence-electron chi connectivity index (χ0n) is 8.08. The van der Waals surface area contributed by atoms with Gasteiger partial charge in [0.25, 0.3) is 0 Å². The van der Waals surface area contributed by atoms with Crippen molar-refractivity contribution in [3.05, 3.63) is 24.1 Å². The Morgan fingerprint density at radius 1 is 1.60 bits per heavy atom. The second-order valence-corrected chi connectivity index (χ2v) is 3.36. The van der Waals surface area contributed by atoms with Gasteiger partial charge < -0.3 is 9.73 Å². The molecule has 4 nitrogen and oxygen atoms in total. The fourth-order valence-corrected chi connectivity index (χ4v) is 1.38. The minimum atomic E-state index is -0.243. The molecule has 2 rings (SSSR count). The first-order valence-electron chi connectivity index (χ1n) is 4.42. The van der Waals surface area contributed by atoms with Crippen LogP contribution in [0.2, 0.25) is 0 Å². The first kappa shape index (κ1) is 9.98. The van der Waals surface area contributed by atoms with Crippen LogP contribution in [-0.4, -0.2) is 16.8 Å². The van der Waals surface area contributed by atoms with Crippen molar-refractivity contribution in [3.63, 3.8) is 0 Å². The van der Waals surface area contributed by atoms with Crippen molar-refractivity contribution in [1.29, 1.82) is 0 Å². The number of nitrogens with one attached hydrogen (secondary N) is 1. The molecule has 0 bridgehead atoms. The first-order valence-corrected chi connectivity index (χ1v) is 4.95. The lowest BCUT2D eigenvalue weighted by Gasteiger charge is -2.01. The molecule has 0 radical (unpaired) electrons. The lowest BCUT2D eigenvalue weighted by Crippen LogP contribution is -2.12. The smallest absolute Gasteiger partial charge is 0.239 e. The number of alkyl halides is 1. The van der Waals surface area contributed by atoms with Gasteiger partial charge in [0.05, 0.1) is 0 Å². The van der Waals surface area contributed by atoms with Gasteiger partial charge in [-0.2, -0.15) is 0 Å². The average Bonchev–Trinajstić information content (AvgIpc) is 2.57. The van der Waals surface area contributed by atoms with E-state index in [-0.39, 0.29) is 11.8 Å². The maximum absolute atomic E-state index is 11.0. The Kier molecular flexibility index (Phi) is 2.60. The number of anilines is 1. The maximum Gasteiger partial charge on any atom is 0.239 e. The van der Waals surface area contributed by atoms with Crippen LogP contribution >= 0.6 is 11.6 Å². The minimum Gasteiger partial charge on any atom is -0.441 e. The molecule has 0 saturated carbocycles. The van der Waals surface area contributed by atoms with Gasteiger partial charge >= 0.3 is 0 Å². The van der Waals surface area contributed by atoms with E-state index < -0.39 is 0 Å². The second kappa shape index (κ2) is 3.90. The lowest BCUT2D eigenvalue weighted by atomic mass is 10.3. The van der Waals surface area contributed by atoms with E-state index in [1.807, 2.05) is 0 Å². The second-order valence-electron chi connectivity index (χ2n) is 3.10. The van der Waals surface area contributed by atoms with Crippen molar-refractivity contribution >= 4 is 34.3 Å².